The second-order valence-corrected chi connectivity index (χ2v) is 8.66. The van der Waals surface area contributed by atoms with E-state index in [1.54, 1.807) is 11.6 Å². The summed E-state index contributed by atoms with van der Waals surface area (Å²) in [6.45, 7) is 5.65. The Bertz CT molecular complexity index is 1200. The molecule has 2 atom stereocenters. The number of carbonyl (C=O) groups is 1. The second kappa shape index (κ2) is 5.60. The predicted molar refractivity (Wildman–Crippen MR) is 110 cm³/mol. The lowest BCUT2D eigenvalue weighted by Crippen LogP contribution is -2.33. The third kappa shape index (κ3) is 2.19. The quantitative estimate of drug-likeness (QED) is 0.691. The fraction of sp³-hybridized carbons (Fsp3) is 0.391. The minimum atomic E-state index is -0.109. The Morgan fingerprint density at radius 3 is 2.57 bits per heavy atom. The van der Waals surface area contributed by atoms with Crippen molar-refractivity contribution in [2.24, 2.45) is 20.0 Å². The van der Waals surface area contributed by atoms with Gasteiger partial charge in [-0.3, -0.25) is 9.59 Å². The van der Waals surface area contributed by atoms with Gasteiger partial charge in [0, 0.05) is 45.0 Å². The smallest absolute Gasteiger partial charge is 0.260 e. The molecule has 144 valence electrons. The van der Waals surface area contributed by atoms with E-state index < -0.39 is 0 Å². The molecule has 1 saturated heterocycles. The van der Waals surface area contributed by atoms with Crippen LogP contribution in [0.15, 0.2) is 41.5 Å². The van der Waals surface area contributed by atoms with Crippen molar-refractivity contribution >= 4 is 16.8 Å². The van der Waals surface area contributed by atoms with E-state index in [1.165, 1.54) is 11.1 Å². The standard InChI is InChI=1S/C23H25N3O2/c1-14-7-5-6-8-18(14)23-9-16(23)11-26(13-23)21(27)17-12-24(3)20-15(2)10-25(4)22(28)19(17)20/h5-8,10,12,16H,9,11,13H2,1-4H3. The van der Waals surface area contributed by atoms with Crippen LogP contribution in [-0.4, -0.2) is 33.0 Å². The maximum Gasteiger partial charge on any atom is 0.260 e. The average Bonchev–Trinajstić information content (AvgIpc) is 3.04. The number of hydrogen-bond acceptors (Lipinski definition) is 2. The molecule has 5 rings (SSSR count). The Morgan fingerprint density at radius 2 is 1.82 bits per heavy atom. The molecular weight excluding hydrogens is 350 g/mol. The first-order valence-electron chi connectivity index (χ1n) is 9.84. The van der Waals surface area contributed by atoms with E-state index in [9.17, 15) is 9.59 Å². The van der Waals surface area contributed by atoms with Crippen molar-refractivity contribution in [1.82, 2.24) is 14.0 Å². The summed E-state index contributed by atoms with van der Waals surface area (Å²) in [4.78, 5) is 28.2. The molecule has 5 nitrogen and oxygen atoms in total. The summed E-state index contributed by atoms with van der Waals surface area (Å²) in [6.07, 6.45) is 4.81. The highest BCUT2D eigenvalue weighted by Gasteiger charge is 2.62. The third-order valence-corrected chi connectivity index (χ3v) is 6.82. The first kappa shape index (κ1) is 17.3. The molecule has 1 aromatic carbocycles. The van der Waals surface area contributed by atoms with Crippen LogP contribution < -0.4 is 5.56 Å². The average molecular weight is 375 g/mol. The maximum atomic E-state index is 13.4. The van der Waals surface area contributed by atoms with E-state index in [1.807, 2.05) is 35.8 Å². The molecule has 3 heterocycles. The highest BCUT2D eigenvalue weighted by atomic mass is 16.2. The molecular formula is C23H25N3O2. The number of aryl methyl sites for hydroxylation is 4. The molecule has 2 aliphatic rings. The number of likely N-dealkylation sites (tertiary alicyclic amines) is 1. The van der Waals surface area contributed by atoms with Crippen molar-refractivity contribution in [3.8, 4) is 0 Å². The Morgan fingerprint density at radius 1 is 1.07 bits per heavy atom. The van der Waals surface area contributed by atoms with Crippen LogP contribution in [0.4, 0.5) is 0 Å². The number of benzene rings is 1. The molecule has 1 aliphatic carbocycles. The third-order valence-electron chi connectivity index (χ3n) is 6.82. The molecule has 0 radical (unpaired) electrons. The van der Waals surface area contributed by atoms with E-state index in [0.717, 1.165) is 30.6 Å². The van der Waals surface area contributed by atoms with Gasteiger partial charge in [0.15, 0.2) is 0 Å². The summed E-state index contributed by atoms with van der Waals surface area (Å²) in [6, 6.07) is 8.52. The Balaban J connectivity index is 1.55. The van der Waals surface area contributed by atoms with Gasteiger partial charge >= 0.3 is 0 Å². The largest absolute Gasteiger partial charge is 0.349 e. The predicted octanol–water partition coefficient (Wildman–Crippen LogP) is 2.91. The van der Waals surface area contributed by atoms with Gasteiger partial charge in [-0.05, 0) is 42.9 Å². The second-order valence-electron chi connectivity index (χ2n) is 8.66. The minimum absolute atomic E-state index is 0.0199. The summed E-state index contributed by atoms with van der Waals surface area (Å²) in [7, 11) is 3.65. The van der Waals surface area contributed by atoms with Crippen molar-refractivity contribution < 1.29 is 4.79 Å². The normalized spacial score (nSPS) is 23.3. The number of pyridine rings is 1. The van der Waals surface area contributed by atoms with Crippen molar-refractivity contribution in [3.63, 3.8) is 0 Å². The van der Waals surface area contributed by atoms with E-state index in [0.29, 0.717) is 16.9 Å². The van der Waals surface area contributed by atoms with E-state index >= 15 is 0 Å². The Hall–Kier alpha value is -2.82. The molecule has 5 heteroatoms. The van der Waals surface area contributed by atoms with Crippen LogP contribution in [0.25, 0.3) is 10.9 Å². The summed E-state index contributed by atoms with van der Waals surface area (Å²) in [5.74, 6) is 0.505. The number of piperidine rings is 1. The zero-order valence-corrected chi connectivity index (χ0v) is 16.8. The molecule has 0 N–H and O–H groups in total. The van der Waals surface area contributed by atoms with E-state index in [-0.39, 0.29) is 16.9 Å². The molecule has 3 aromatic rings. The fourth-order valence-corrected chi connectivity index (χ4v) is 5.42. The molecule has 2 fully saturated rings. The molecule has 1 amide bonds. The lowest BCUT2D eigenvalue weighted by molar-refractivity contribution is 0.0774. The van der Waals surface area contributed by atoms with Gasteiger partial charge in [-0.15, -0.1) is 0 Å². The highest BCUT2D eigenvalue weighted by Crippen LogP contribution is 2.59. The van der Waals surface area contributed by atoms with Gasteiger partial charge in [0.1, 0.15) is 0 Å². The van der Waals surface area contributed by atoms with Crippen LogP contribution in [0, 0.1) is 19.8 Å². The fourth-order valence-electron chi connectivity index (χ4n) is 5.42. The first-order chi connectivity index (χ1) is 13.3. The number of nitrogens with zero attached hydrogens (tertiary/aromatic N) is 3. The molecule has 2 aromatic heterocycles. The van der Waals surface area contributed by atoms with Crippen molar-refractivity contribution in [3.05, 3.63) is 69.3 Å². The van der Waals surface area contributed by atoms with Crippen LogP contribution in [0.5, 0.6) is 0 Å². The van der Waals surface area contributed by atoms with E-state index in [2.05, 4.69) is 31.2 Å². The van der Waals surface area contributed by atoms with Gasteiger partial charge in [0.2, 0.25) is 0 Å². The molecule has 28 heavy (non-hydrogen) atoms. The van der Waals surface area contributed by atoms with Gasteiger partial charge in [-0.1, -0.05) is 24.3 Å². The SMILES string of the molecule is Cc1ccccc1C12CC1CN(C(=O)c1cn(C)c3c(C)cn(C)c(=O)c13)C2. The molecule has 0 bridgehead atoms. The Kier molecular flexibility index (Phi) is 3.46. The van der Waals surface area contributed by atoms with Crippen LogP contribution in [0.3, 0.4) is 0 Å². The zero-order chi connectivity index (χ0) is 19.8. The summed E-state index contributed by atoms with van der Waals surface area (Å²) in [5, 5.41) is 0.542. The van der Waals surface area contributed by atoms with Gasteiger partial charge in [-0.25, -0.2) is 0 Å². The lowest BCUT2D eigenvalue weighted by Gasteiger charge is -2.22. The van der Waals surface area contributed by atoms with Crippen LogP contribution >= 0.6 is 0 Å². The first-order valence-corrected chi connectivity index (χ1v) is 9.84. The van der Waals surface area contributed by atoms with Crippen LogP contribution in [0.2, 0.25) is 0 Å². The van der Waals surface area contributed by atoms with Crippen molar-refractivity contribution in [2.45, 2.75) is 25.7 Å². The van der Waals surface area contributed by atoms with Crippen LogP contribution in [-0.2, 0) is 19.5 Å². The molecule has 1 saturated carbocycles. The number of fused-ring (bicyclic) bond motifs is 2. The molecule has 2 unspecified atom stereocenters. The summed E-state index contributed by atoms with van der Waals surface area (Å²) < 4.78 is 3.48. The zero-order valence-electron chi connectivity index (χ0n) is 16.8. The van der Waals surface area contributed by atoms with Gasteiger partial charge in [0.05, 0.1) is 16.5 Å². The number of amides is 1. The summed E-state index contributed by atoms with van der Waals surface area (Å²) >= 11 is 0. The van der Waals surface area contributed by atoms with Crippen molar-refractivity contribution in [1.29, 1.82) is 0 Å². The van der Waals surface area contributed by atoms with Gasteiger partial charge in [-0.2, -0.15) is 0 Å². The highest BCUT2D eigenvalue weighted by molar-refractivity contribution is 6.07. The number of carbonyl (C=O) groups excluding carboxylic acids is 1. The number of hydrogen-bond donors (Lipinski definition) is 0. The van der Waals surface area contributed by atoms with Gasteiger partial charge < -0.3 is 14.0 Å². The van der Waals surface area contributed by atoms with Crippen LogP contribution in [0.1, 0.15) is 33.5 Å². The molecule has 1 aliphatic heterocycles. The maximum absolute atomic E-state index is 13.4. The van der Waals surface area contributed by atoms with E-state index in [4.69, 9.17) is 0 Å². The van der Waals surface area contributed by atoms with Gasteiger partial charge in [0.25, 0.3) is 11.5 Å². The lowest BCUT2D eigenvalue weighted by atomic mass is 9.91. The number of rotatable bonds is 2. The molecule has 0 spiro atoms. The topological polar surface area (TPSA) is 47.2 Å². The monoisotopic (exact) mass is 375 g/mol. The number of aromatic nitrogens is 2. The van der Waals surface area contributed by atoms with Crippen molar-refractivity contribution in [2.75, 3.05) is 13.1 Å². The Labute approximate surface area is 164 Å². The minimum Gasteiger partial charge on any atom is -0.349 e. The summed E-state index contributed by atoms with van der Waals surface area (Å²) in [5.41, 5.74) is 5.05.